The van der Waals surface area contributed by atoms with E-state index in [1.54, 1.807) is 0 Å². The average Bonchev–Trinajstić information content (AvgIpc) is 2.40. The lowest BCUT2D eigenvalue weighted by Crippen LogP contribution is -1.98. The molecule has 0 aromatic rings. The van der Waals surface area contributed by atoms with E-state index in [4.69, 9.17) is 0 Å². The molecule has 1 aliphatic carbocycles. The normalized spacial score (nSPS) is 21.0. The van der Waals surface area contributed by atoms with E-state index in [0.717, 1.165) is 0 Å². The molecular weight excluding hydrogens is 204 g/mol. The van der Waals surface area contributed by atoms with Crippen LogP contribution in [-0.2, 0) is 0 Å². The summed E-state index contributed by atoms with van der Waals surface area (Å²) in [7, 11) is 0. The van der Waals surface area contributed by atoms with E-state index < -0.39 is 0 Å². The van der Waals surface area contributed by atoms with E-state index >= 15 is 0 Å². The Balaban J connectivity index is 2.13. The lowest BCUT2D eigenvalue weighted by atomic mass is 9.90. The van der Waals surface area contributed by atoms with Crippen molar-refractivity contribution in [3.63, 3.8) is 0 Å². The van der Waals surface area contributed by atoms with Crippen LogP contribution in [-0.4, -0.2) is 0 Å². The fraction of sp³-hybridized carbons (Fsp3) is 0.941. The van der Waals surface area contributed by atoms with Crippen molar-refractivity contribution in [2.45, 2.75) is 103 Å². The third kappa shape index (κ3) is 8.69. The van der Waals surface area contributed by atoms with E-state index in [2.05, 4.69) is 6.92 Å². The van der Waals surface area contributed by atoms with Gasteiger partial charge in [0, 0.05) is 0 Å². The van der Waals surface area contributed by atoms with Crippen molar-refractivity contribution in [2.75, 3.05) is 0 Å². The molecule has 0 aromatic carbocycles. The van der Waals surface area contributed by atoms with Gasteiger partial charge < -0.3 is 0 Å². The minimum absolute atomic E-state index is 1.37. The Labute approximate surface area is 110 Å². The summed E-state index contributed by atoms with van der Waals surface area (Å²) in [6, 6.07) is 0. The lowest BCUT2D eigenvalue weighted by molar-refractivity contribution is 0.543. The minimum atomic E-state index is 1.37. The Morgan fingerprint density at radius 1 is 0.647 bits per heavy atom. The van der Waals surface area contributed by atoms with E-state index in [9.17, 15) is 0 Å². The first-order valence-corrected chi connectivity index (χ1v) is 8.27. The van der Waals surface area contributed by atoms with E-state index in [0.29, 0.717) is 0 Å². The topological polar surface area (TPSA) is 0 Å². The molecule has 0 bridgehead atoms. The van der Waals surface area contributed by atoms with Gasteiger partial charge in [0.05, 0.1) is 0 Å². The second kappa shape index (κ2) is 11.1. The standard InChI is InChI=1S/C17H33/c1-2-3-4-11-14-17-15-12-9-7-5-6-8-10-13-16-17/h2-16H2,1H3. The van der Waals surface area contributed by atoms with Crippen LogP contribution in [0.2, 0.25) is 0 Å². The van der Waals surface area contributed by atoms with E-state index in [-0.39, 0.29) is 0 Å². The predicted octanol–water partition coefficient (Wildman–Crippen LogP) is 6.45. The van der Waals surface area contributed by atoms with Crippen LogP contribution in [0, 0.1) is 5.92 Å². The summed E-state index contributed by atoms with van der Waals surface area (Å²) in [5, 5.41) is 0. The fourth-order valence-electron chi connectivity index (χ4n) is 2.99. The first-order chi connectivity index (χ1) is 8.43. The summed E-state index contributed by atoms with van der Waals surface area (Å²) >= 11 is 0. The van der Waals surface area contributed by atoms with Crippen molar-refractivity contribution in [1.82, 2.24) is 0 Å². The molecule has 0 heteroatoms. The van der Waals surface area contributed by atoms with Crippen LogP contribution in [0.4, 0.5) is 0 Å². The Kier molecular flexibility index (Phi) is 9.84. The largest absolute Gasteiger partial charge is 0.0654 e. The number of hydrogen-bond acceptors (Lipinski definition) is 0. The first kappa shape index (κ1) is 15.1. The van der Waals surface area contributed by atoms with Gasteiger partial charge in [-0.05, 0) is 25.2 Å². The minimum Gasteiger partial charge on any atom is -0.0654 e. The van der Waals surface area contributed by atoms with Crippen LogP contribution < -0.4 is 0 Å². The maximum absolute atomic E-state index is 2.31. The second-order valence-corrected chi connectivity index (χ2v) is 5.89. The van der Waals surface area contributed by atoms with Crippen molar-refractivity contribution in [3.8, 4) is 0 Å². The molecule has 17 heavy (non-hydrogen) atoms. The van der Waals surface area contributed by atoms with Crippen molar-refractivity contribution in [3.05, 3.63) is 5.92 Å². The second-order valence-electron chi connectivity index (χ2n) is 5.89. The zero-order valence-electron chi connectivity index (χ0n) is 12.1. The molecule has 0 nitrogen and oxygen atoms in total. The summed E-state index contributed by atoms with van der Waals surface area (Å²) in [5.41, 5.74) is 0. The third-order valence-corrected chi connectivity index (χ3v) is 4.19. The highest BCUT2D eigenvalue weighted by atomic mass is 14.1. The first-order valence-electron chi connectivity index (χ1n) is 8.27. The predicted molar refractivity (Wildman–Crippen MR) is 78.2 cm³/mol. The van der Waals surface area contributed by atoms with Gasteiger partial charge in [0.2, 0.25) is 0 Å². The highest BCUT2D eigenvalue weighted by Crippen LogP contribution is 2.27. The molecule has 0 saturated heterocycles. The molecule has 0 N–H and O–H groups in total. The molecule has 1 rings (SSSR count). The molecule has 1 aliphatic rings. The quantitative estimate of drug-likeness (QED) is 0.482. The summed E-state index contributed by atoms with van der Waals surface area (Å²) in [4.78, 5) is 0. The zero-order chi connectivity index (χ0) is 12.2. The lowest BCUT2D eigenvalue weighted by Gasteiger charge is -2.15. The maximum Gasteiger partial charge on any atom is -0.0241 e. The number of hydrogen-bond donors (Lipinski definition) is 0. The Morgan fingerprint density at radius 3 is 1.71 bits per heavy atom. The van der Waals surface area contributed by atoms with Crippen LogP contribution in [0.5, 0.6) is 0 Å². The van der Waals surface area contributed by atoms with Crippen LogP contribution in [0.1, 0.15) is 103 Å². The highest BCUT2D eigenvalue weighted by Gasteiger charge is 2.09. The van der Waals surface area contributed by atoms with Crippen LogP contribution in [0.25, 0.3) is 0 Å². The molecule has 0 spiro atoms. The van der Waals surface area contributed by atoms with Crippen LogP contribution in [0.3, 0.4) is 0 Å². The Hall–Kier alpha value is 0. The van der Waals surface area contributed by atoms with Crippen LogP contribution >= 0.6 is 0 Å². The molecule has 0 amide bonds. The molecule has 0 atom stereocenters. The van der Waals surface area contributed by atoms with Crippen molar-refractivity contribution in [2.24, 2.45) is 0 Å². The van der Waals surface area contributed by atoms with Gasteiger partial charge in [0.25, 0.3) is 0 Å². The van der Waals surface area contributed by atoms with E-state index in [1.807, 2.05) is 5.92 Å². The van der Waals surface area contributed by atoms with Crippen LogP contribution in [0.15, 0.2) is 0 Å². The van der Waals surface area contributed by atoms with Crippen molar-refractivity contribution in [1.29, 1.82) is 0 Å². The Morgan fingerprint density at radius 2 is 1.18 bits per heavy atom. The molecule has 0 aliphatic heterocycles. The molecule has 0 aromatic heterocycles. The SMILES string of the molecule is CCCCCC[C]1CCCCCCCCCC1. The fourth-order valence-corrected chi connectivity index (χ4v) is 2.99. The summed E-state index contributed by atoms with van der Waals surface area (Å²) in [6.45, 7) is 2.31. The van der Waals surface area contributed by atoms with Gasteiger partial charge in [-0.3, -0.25) is 0 Å². The van der Waals surface area contributed by atoms with Crippen molar-refractivity contribution < 1.29 is 0 Å². The van der Waals surface area contributed by atoms with Gasteiger partial charge in [0.15, 0.2) is 0 Å². The van der Waals surface area contributed by atoms with Gasteiger partial charge in [-0.2, -0.15) is 0 Å². The summed E-state index contributed by atoms with van der Waals surface area (Å²) in [6.07, 6.45) is 22.0. The number of rotatable bonds is 5. The van der Waals surface area contributed by atoms with E-state index in [1.165, 1.54) is 96.3 Å². The molecule has 0 heterocycles. The Bertz CT molecular complexity index is 138. The molecule has 1 fully saturated rings. The number of unbranched alkanes of at least 4 members (excludes halogenated alkanes) is 3. The monoisotopic (exact) mass is 237 g/mol. The van der Waals surface area contributed by atoms with Gasteiger partial charge in [0.1, 0.15) is 0 Å². The molecular formula is C17H33. The average molecular weight is 237 g/mol. The van der Waals surface area contributed by atoms with Gasteiger partial charge in [-0.25, -0.2) is 0 Å². The highest BCUT2D eigenvalue weighted by molar-refractivity contribution is 4.89. The summed E-state index contributed by atoms with van der Waals surface area (Å²) < 4.78 is 0. The molecule has 101 valence electrons. The summed E-state index contributed by atoms with van der Waals surface area (Å²) in [5.74, 6) is 1.91. The smallest absolute Gasteiger partial charge is 0.0241 e. The zero-order valence-corrected chi connectivity index (χ0v) is 12.1. The van der Waals surface area contributed by atoms with Gasteiger partial charge in [-0.1, -0.05) is 84.0 Å². The van der Waals surface area contributed by atoms with Gasteiger partial charge >= 0.3 is 0 Å². The third-order valence-electron chi connectivity index (χ3n) is 4.19. The molecule has 1 saturated carbocycles. The molecule has 0 unspecified atom stereocenters. The van der Waals surface area contributed by atoms with Crippen molar-refractivity contribution >= 4 is 0 Å². The van der Waals surface area contributed by atoms with Gasteiger partial charge in [-0.15, -0.1) is 0 Å². The molecule has 1 radical (unpaired) electrons. The maximum atomic E-state index is 2.31.